The lowest BCUT2D eigenvalue weighted by Crippen LogP contribution is -2.49. The third-order valence-corrected chi connectivity index (χ3v) is 3.94. The van der Waals surface area contributed by atoms with Gasteiger partial charge >= 0.3 is 0 Å². The van der Waals surface area contributed by atoms with Crippen LogP contribution in [0.3, 0.4) is 0 Å². The summed E-state index contributed by atoms with van der Waals surface area (Å²) in [6.45, 7) is 4.20. The predicted octanol–water partition coefficient (Wildman–Crippen LogP) is 1.64. The molecule has 0 aliphatic carbocycles. The Hall–Kier alpha value is -2.76. The molecule has 0 saturated carbocycles. The molecule has 1 aliphatic rings. The molecule has 6 heteroatoms. The monoisotopic (exact) mass is 310 g/mol. The maximum Gasteiger partial charge on any atom is 0.253 e. The van der Waals surface area contributed by atoms with Crippen molar-refractivity contribution in [2.45, 2.75) is 6.92 Å². The number of ketones is 1. The third-order valence-electron chi connectivity index (χ3n) is 3.94. The molecule has 0 unspecified atom stereocenters. The number of carbonyl (C=O) groups excluding carboxylic acids is 2. The SMILES string of the molecule is CC(=O)c1ccc(C(=O)N2CCN(c3ncccn3)CC2)cc1. The number of hydrogen-bond acceptors (Lipinski definition) is 5. The molecule has 1 aromatic carbocycles. The van der Waals surface area contributed by atoms with E-state index in [0.29, 0.717) is 43.3 Å². The molecule has 1 fully saturated rings. The van der Waals surface area contributed by atoms with Gasteiger partial charge in [-0.2, -0.15) is 0 Å². The maximum absolute atomic E-state index is 12.5. The van der Waals surface area contributed by atoms with Gasteiger partial charge in [-0.1, -0.05) is 12.1 Å². The lowest BCUT2D eigenvalue weighted by Gasteiger charge is -2.34. The third kappa shape index (κ3) is 3.36. The number of nitrogens with zero attached hydrogens (tertiary/aromatic N) is 4. The van der Waals surface area contributed by atoms with Crippen LogP contribution in [0.1, 0.15) is 27.6 Å². The summed E-state index contributed by atoms with van der Waals surface area (Å²) in [6, 6.07) is 8.61. The average molecular weight is 310 g/mol. The Bertz CT molecular complexity index is 692. The van der Waals surface area contributed by atoms with Crippen molar-refractivity contribution in [2.24, 2.45) is 0 Å². The first-order valence-electron chi connectivity index (χ1n) is 7.57. The minimum absolute atomic E-state index is 0.000439. The Morgan fingerprint density at radius 3 is 2.04 bits per heavy atom. The van der Waals surface area contributed by atoms with E-state index in [4.69, 9.17) is 0 Å². The molecule has 118 valence electrons. The molecule has 1 saturated heterocycles. The van der Waals surface area contributed by atoms with Crippen LogP contribution < -0.4 is 4.90 Å². The highest BCUT2D eigenvalue weighted by molar-refractivity contribution is 5.97. The molecule has 0 radical (unpaired) electrons. The maximum atomic E-state index is 12.5. The molecule has 0 atom stereocenters. The minimum atomic E-state index is -0.00580. The fraction of sp³-hybridized carbons (Fsp3) is 0.294. The van der Waals surface area contributed by atoms with E-state index in [9.17, 15) is 9.59 Å². The molecule has 1 amide bonds. The second-order valence-electron chi connectivity index (χ2n) is 5.46. The lowest BCUT2D eigenvalue weighted by molar-refractivity contribution is 0.0745. The molecule has 3 rings (SSSR count). The Morgan fingerprint density at radius 1 is 0.913 bits per heavy atom. The smallest absolute Gasteiger partial charge is 0.253 e. The van der Waals surface area contributed by atoms with Crippen molar-refractivity contribution in [2.75, 3.05) is 31.1 Å². The summed E-state index contributed by atoms with van der Waals surface area (Å²) < 4.78 is 0. The number of anilines is 1. The van der Waals surface area contributed by atoms with E-state index in [1.165, 1.54) is 6.92 Å². The van der Waals surface area contributed by atoms with Crippen LogP contribution in [-0.4, -0.2) is 52.7 Å². The summed E-state index contributed by atoms with van der Waals surface area (Å²) in [5.41, 5.74) is 1.23. The summed E-state index contributed by atoms with van der Waals surface area (Å²) >= 11 is 0. The summed E-state index contributed by atoms with van der Waals surface area (Å²) in [4.78, 5) is 36.2. The van der Waals surface area contributed by atoms with Crippen molar-refractivity contribution in [3.63, 3.8) is 0 Å². The summed E-state index contributed by atoms with van der Waals surface area (Å²) in [5.74, 6) is 0.694. The highest BCUT2D eigenvalue weighted by atomic mass is 16.2. The van der Waals surface area contributed by atoms with Gasteiger partial charge in [-0.05, 0) is 25.1 Å². The van der Waals surface area contributed by atoms with E-state index in [2.05, 4.69) is 14.9 Å². The molecular weight excluding hydrogens is 292 g/mol. The minimum Gasteiger partial charge on any atom is -0.337 e. The van der Waals surface area contributed by atoms with E-state index in [1.54, 1.807) is 42.7 Å². The van der Waals surface area contributed by atoms with Gasteiger partial charge in [-0.25, -0.2) is 9.97 Å². The normalized spacial score (nSPS) is 14.7. The van der Waals surface area contributed by atoms with Crippen LogP contribution in [-0.2, 0) is 0 Å². The van der Waals surface area contributed by atoms with Gasteiger partial charge in [0.05, 0.1) is 0 Å². The molecule has 2 aromatic rings. The summed E-state index contributed by atoms with van der Waals surface area (Å²) in [5, 5.41) is 0. The van der Waals surface area contributed by atoms with Gasteiger partial charge in [0.25, 0.3) is 5.91 Å². The van der Waals surface area contributed by atoms with Crippen molar-refractivity contribution < 1.29 is 9.59 Å². The molecule has 1 aromatic heterocycles. The molecular formula is C17H18N4O2. The second kappa shape index (κ2) is 6.56. The van der Waals surface area contributed by atoms with Crippen molar-refractivity contribution >= 4 is 17.6 Å². The Morgan fingerprint density at radius 2 is 1.48 bits per heavy atom. The average Bonchev–Trinajstić information content (AvgIpc) is 2.62. The number of aromatic nitrogens is 2. The van der Waals surface area contributed by atoms with Crippen molar-refractivity contribution in [3.8, 4) is 0 Å². The number of piperazine rings is 1. The Labute approximate surface area is 134 Å². The van der Waals surface area contributed by atoms with Crippen LogP contribution >= 0.6 is 0 Å². The number of amides is 1. The quantitative estimate of drug-likeness (QED) is 0.806. The molecule has 0 N–H and O–H groups in total. The van der Waals surface area contributed by atoms with Crippen LogP contribution in [0, 0.1) is 0 Å². The van der Waals surface area contributed by atoms with E-state index in [-0.39, 0.29) is 11.7 Å². The molecule has 2 heterocycles. The standard InChI is InChI=1S/C17H18N4O2/c1-13(22)14-3-5-15(6-4-14)16(23)20-9-11-21(12-10-20)17-18-7-2-8-19-17/h2-8H,9-12H2,1H3. The van der Waals surface area contributed by atoms with Crippen LogP contribution in [0.15, 0.2) is 42.7 Å². The lowest BCUT2D eigenvalue weighted by atomic mass is 10.1. The van der Waals surface area contributed by atoms with Gasteiger partial charge in [0, 0.05) is 49.7 Å². The first-order valence-corrected chi connectivity index (χ1v) is 7.57. The topological polar surface area (TPSA) is 66.4 Å². The van der Waals surface area contributed by atoms with Gasteiger partial charge < -0.3 is 9.80 Å². The van der Waals surface area contributed by atoms with E-state index in [1.807, 2.05) is 4.90 Å². The van der Waals surface area contributed by atoms with Crippen molar-refractivity contribution in [3.05, 3.63) is 53.9 Å². The molecule has 1 aliphatic heterocycles. The molecule has 0 spiro atoms. The number of benzene rings is 1. The second-order valence-corrected chi connectivity index (χ2v) is 5.46. The predicted molar refractivity (Wildman–Crippen MR) is 86.6 cm³/mol. The number of rotatable bonds is 3. The van der Waals surface area contributed by atoms with Crippen LogP contribution in [0.5, 0.6) is 0 Å². The Kier molecular flexibility index (Phi) is 4.32. The first-order chi connectivity index (χ1) is 11.1. The zero-order valence-electron chi connectivity index (χ0n) is 13.0. The first kappa shape index (κ1) is 15.1. The fourth-order valence-electron chi connectivity index (χ4n) is 2.59. The van der Waals surface area contributed by atoms with Gasteiger partial charge in [0.15, 0.2) is 5.78 Å². The zero-order chi connectivity index (χ0) is 16.2. The number of Topliss-reactive ketones (excluding diaryl/α,β-unsaturated/α-hetero) is 1. The van der Waals surface area contributed by atoms with Gasteiger partial charge in [0.1, 0.15) is 0 Å². The van der Waals surface area contributed by atoms with Crippen LogP contribution in [0.2, 0.25) is 0 Å². The van der Waals surface area contributed by atoms with E-state index >= 15 is 0 Å². The zero-order valence-corrected chi connectivity index (χ0v) is 13.0. The highest BCUT2D eigenvalue weighted by Gasteiger charge is 2.23. The molecule has 23 heavy (non-hydrogen) atoms. The highest BCUT2D eigenvalue weighted by Crippen LogP contribution is 2.13. The van der Waals surface area contributed by atoms with Crippen LogP contribution in [0.25, 0.3) is 0 Å². The van der Waals surface area contributed by atoms with E-state index in [0.717, 1.165) is 0 Å². The van der Waals surface area contributed by atoms with Crippen LogP contribution in [0.4, 0.5) is 5.95 Å². The number of carbonyl (C=O) groups is 2. The Balaban J connectivity index is 1.63. The number of hydrogen-bond donors (Lipinski definition) is 0. The molecule has 6 nitrogen and oxygen atoms in total. The van der Waals surface area contributed by atoms with Crippen molar-refractivity contribution in [1.82, 2.24) is 14.9 Å². The van der Waals surface area contributed by atoms with Crippen molar-refractivity contribution in [1.29, 1.82) is 0 Å². The largest absolute Gasteiger partial charge is 0.337 e. The van der Waals surface area contributed by atoms with Gasteiger partial charge in [0.2, 0.25) is 5.95 Å². The molecule has 0 bridgehead atoms. The fourth-order valence-corrected chi connectivity index (χ4v) is 2.59. The van der Waals surface area contributed by atoms with E-state index < -0.39 is 0 Å². The van der Waals surface area contributed by atoms with Gasteiger partial charge in [-0.15, -0.1) is 0 Å². The summed E-state index contributed by atoms with van der Waals surface area (Å²) in [6.07, 6.45) is 3.44. The van der Waals surface area contributed by atoms with Gasteiger partial charge in [-0.3, -0.25) is 9.59 Å². The summed E-state index contributed by atoms with van der Waals surface area (Å²) in [7, 11) is 0.